The predicted molar refractivity (Wildman–Crippen MR) is 60.6 cm³/mol. The van der Waals surface area contributed by atoms with Crippen molar-refractivity contribution in [2.24, 2.45) is 5.14 Å². The molecule has 16 heavy (non-hydrogen) atoms. The molecule has 5 nitrogen and oxygen atoms in total. The summed E-state index contributed by atoms with van der Waals surface area (Å²) in [7, 11) is -3.67. The second-order valence-electron chi connectivity index (χ2n) is 3.48. The Morgan fingerprint density at radius 2 is 2.12 bits per heavy atom. The van der Waals surface area contributed by atoms with E-state index in [4.69, 9.17) is 9.88 Å². The maximum atomic E-state index is 11.3. The zero-order chi connectivity index (χ0) is 12.3. The Hall–Kier alpha value is -0.920. The monoisotopic (exact) mass is 263 g/mol. The Kier molecular flexibility index (Phi) is 4.06. The Labute approximate surface area is 98.3 Å². The molecule has 0 amide bonds. The van der Waals surface area contributed by atoms with Gasteiger partial charge in [-0.15, -0.1) is 11.3 Å². The topological polar surface area (TPSA) is 86.5 Å². The van der Waals surface area contributed by atoms with E-state index in [1.807, 2.05) is 0 Å². The van der Waals surface area contributed by atoms with Gasteiger partial charge in [0.25, 0.3) is 0 Å². The second kappa shape index (κ2) is 4.94. The summed E-state index contributed by atoms with van der Waals surface area (Å²) < 4.78 is 27.0. The molecule has 90 valence electrons. The summed E-state index contributed by atoms with van der Waals surface area (Å²) in [4.78, 5) is 11.9. The summed E-state index contributed by atoms with van der Waals surface area (Å²) >= 11 is 0.981. The highest BCUT2D eigenvalue weighted by atomic mass is 32.2. The summed E-state index contributed by atoms with van der Waals surface area (Å²) in [6.07, 6.45) is -0.108. The van der Waals surface area contributed by atoms with Gasteiger partial charge >= 0.3 is 5.97 Å². The molecule has 0 unspecified atom stereocenters. The molecule has 0 aliphatic carbocycles. The van der Waals surface area contributed by atoms with Crippen molar-refractivity contribution in [3.63, 3.8) is 0 Å². The molecule has 1 aromatic heterocycles. The number of sulfonamides is 1. The van der Waals surface area contributed by atoms with Gasteiger partial charge in [-0.1, -0.05) is 0 Å². The molecule has 0 spiro atoms. The van der Waals surface area contributed by atoms with Crippen molar-refractivity contribution in [1.82, 2.24) is 0 Å². The Morgan fingerprint density at radius 3 is 2.56 bits per heavy atom. The molecule has 0 atom stereocenters. The van der Waals surface area contributed by atoms with Crippen LogP contribution in [0.5, 0.6) is 0 Å². The van der Waals surface area contributed by atoms with Crippen LogP contribution in [0.15, 0.2) is 16.3 Å². The number of carbonyl (C=O) groups excluding carboxylic acids is 1. The SMILES string of the molecule is CC(C)OC(=O)Cc1ccc(S(N)(=O)=O)s1. The third-order valence-corrected chi connectivity index (χ3v) is 4.13. The van der Waals surface area contributed by atoms with Gasteiger partial charge in [-0.2, -0.15) is 0 Å². The molecule has 0 aromatic carbocycles. The molecule has 0 saturated carbocycles. The van der Waals surface area contributed by atoms with Crippen molar-refractivity contribution >= 4 is 27.3 Å². The minimum atomic E-state index is -3.67. The maximum absolute atomic E-state index is 11.3. The molecule has 7 heteroatoms. The van der Waals surface area contributed by atoms with Crippen LogP contribution in [0.25, 0.3) is 0 Å². The average molecular weight is 263 g/mol. The lowest BCUT2D eigenvalue weighted by Crippen LogP contribution is -2.13. The number of primary sulfonamides is 1. The van der Waals surface area contributed by atoms with Gasteiger partial charge < -0.3 is 4.74 Å². The molecule has 0 bridgehead atoms. The number of esters is 1. The number of thiophene rings is 1. The van der Waals surface area contributed by atoms with Crippen LogP contribution in [0.3, 0.4) is 0 Å². The summed E-state index contributed by atoms with van der Waals surface area (Å²) in [6, 6.07) is 2.95. The van der Waals surface area contributed by atoms with E-state index in [2.05, 4.69) is 0 Å². The quantitative estimate of drug-likeness (QED) is 0.817. The van der Waals surface area contributed by atoms with E-state index in [0.29, 0.717) is 4.88 Å². The largest absolute Gasteiger partial charge is 0.463 e. The maximum Gasteiger partial charge on any atom is 0.311 e. The van der Waals surface area contributed by atoms with Crippen LogP contribution in [0, 0.1) is 0 Å². The van der Waals surface area contributed by atoms with E-state index in [1.54, 1.807) is 19.9 Å². The molecule has 2 N–H and O–H groups in total. The molecule has 1 aromatic rings. The van der Waals surface area contributed by atoms with Crippen molar-refractivity contribution in [2.45, 2.75) is 30.6 Å². The fourth-order valence-electron chi connectivity index (χ4n) is 1.05. The lowest BCUT2D eigenvalue weighted by molar-refractivity contribution is -0.146. The lowest BCUT2D eigenvalue weighted by atomic mass is 10.3. The molecule has 1 rings (SSSR count). The van der Waals surface area contributed by atoms with Gasteiger partial charge in [0.15, 0.2) is 0 Å². The van der Waals surface area contributed by atoms with E-state index in [1.165, 1.54) is 6.07 Å². The van der Waals surface area contributed by atoms with Gasteiger partial charge in [0.2, 0.25) is 10.0 Å². The zero-order valence-electron chi connectivity index (χ0n) is 8.97. The Morgan fingerprint density at radius 1 is 1.50 bits per heavy atom. The van der Waals surface area contributed by atoms with Crippen molar-refractivity contribution in [3.8, 4) is 0 Å². The van der Waals surface area contributed by atoms with E-state index < -0.39 is 10.0 Å². The average Bonchev–Trinajstić information content (AvgIpc) is 2.49. The number of ether oxygens (including phenoxy) is 1. The van der Waals surface area contributed by atoms with Crippen molar-refractivity contribution < 1.29 is 17.9 Å². The highest BCUT2D eigenvalue weighted by Crippen LogP contribution is 2.20. The van der Waals surface area contributed by atoms with Gasteiger partial charge in [-0.25, -0.2) is 13.6 Å². The van der Waals surface area contributed by atoms with Gasteiger partial charge in [0.05, 0.1) is 12.5 Å². The number of hydrogen-bond donors (Lipinski definition) is 1. The molecule has 0 fully saturated rings. The van der Waals surface area contributed by atoms with Crippen molar-refractivity contribution in [3.05, 3.63) is 17.0 Å². The molecule has 0 aliphatic heterocycles. The van der Waals surface area contributed by atoms with Gasteiger partial charge in [0.1, 0.15) is 4.21 Å². The third kappa shape index (κ3) is 3.92. The summed E-state index contributed by atoms with van der Waals surface area (Å²) in [5, 5.41) is 4.95. The minimum absolute atomic E-state index is 0.0554. The number of nitrogens with two attached hydrogens (primary N) is 1. The van der Waals surface area contributed by atoms with Crippen LogP contribution >= 0.6 is 11.3 Å². The highest BCUT2D eigenvalue weighted by Gasteiger charge is 2.14. The van der Waals surface area contributed by atoms with Crippen LogP contribution in [0.4, 0.5) is 0 Å². The minimum Gasteiger partial charge on any atom is -0.463 e. The number of hydrogen-bond acceptors (Lipinski definition) is 5. The van der Waals surface area contributed by atoms with Crippen molar-refractivity contribution in [2.75, 3.05) is 0 Å². The second-order valence-corrected chi connectivity index (χ2v) is 6.44. The zero-order valence-corrected chi connectivity index (χ0v) is 10.6. The first-order chi connectivity index (χ1) is 7.29. The standard InChI is InChI=1S/C9H13NO4S2/c1-6(2)14-8(11)5-7-3-4-9(15-7)16(10,12)13/h3-4,6H,5H2,1-2H3,(H2,10,12,13). The molecule has 1 heterocycles. The molecule has 0 saturated heterocycles. The number of rotatable bonds is 4. The first-order valence-corrected chi connectivity index (χ1v) is 6.96. The summed E-state index contributed by atoms with van der Waals surface area (Å²) in [5.41, 5.74) is 0. The predicted octanol–water partition coefficient (Wildman–Crippen LogP) is 0.890. The van der Waals surface area contributed by atoms with Crippen LogP contribution < -0.4 is 5.14 Å². The van der Waals surface area contributed by atoms with Crippen LogP contribution in [-0.4, -0.2) is 20.5 Å². The molecular weight excluding hydrogens is 250 g/mol. The first kappa shape index (κ1) is 13.1. The van der Waals surface area contributed by atoms with Gasteiger partial charge in [-0.05, 0) is 26.0 Å². The molecule has 0 radical (unpaired) electrons. The fourth-order valence-corrected chi connectivity index (χ4v) is 2.82. The van der Waals surface area contributed by atoms with Gasteiger partial charge in [-0.3, -0.25) is 4.79 Å². The molecular formula is C9H13NO4S2. The molecule has 0 aliphatic rings. The van der Waals surface area contributed by atoms with Crippen molar-refractivity contribution in [1.29, 1.82) is 0 Å². The normalized spacial score (nSPS) is 11.8. The first-order valence-electron chi connectivity index (χ1n) is 4.60. The van der Waals surface area contributed by atoms with E-state index in [0.717, 1.165) is 11.3 Å². The third-order valence-electron chi connectivity index (χ3n) is 1.60. The fraction of sp³-hybridized carbons (Fsp3) is 0.444. The van der Waals surface area contributed by atoms with Crippen LogP contribution in [0.2, 0.25) is 0 Å². The lowest BCUT2D eigenvalue weighted by Gasteiger charge is -2.06. The summed E-state index contributed by atoms with van der Waals surface area (Å²) in [6.45, 7) is 3.50. The highest BCUT2D eigenvalue weighted by molar-refractivity contribution is 7.91. The Bertz CT molecular complexity index is 475. The Balaban J connectivity index is 2.70. The van der Waals surface area contributed by atoms with E-state index in [9.17, 15) is 13.2 Å². The van der Waals surface area contributed by atoms with Crippen LogP contribution in [0.1, 0.15) is 18.7 Å². The van der Waals surface area contributed by atoms with E-state index >= 15 is 0 Å². The summed E-state index contributed by atoms with van der Waals surface area (Å²) in [5.74, 6) is -0.377. The van der Waals surface area contributed by atoms with Gasteiger partial charge in [0, 0.05) is 4.88 Å². The number of carbonyl (C=O) groups is 1. The van der Waals surface area contributed by atoms with Crippen LogP contribution in [-0.2, 0) is 26.0 Å². The smallest absolute Gasteiger partial charge is 0.311 e. The van der Waals surface area contributed by atoms with E-state index in [-0.39, 0.29) is 22.7 Å².